The van der Waals surface area contributed by atoms with Gasteiger partial charge in [0.2, 0.25) is 0 Å². The summed E-state index contributed by atoms with van der Waals surface area (Å²) in [5, 5.41) is 15.3. The van der Waals surface area contributed by atoms with Gasteiger partial charge in [0, 0.05) is 17.8 Å². The number of nitrogens with one attached hydrogen (secondary N) is 1. The molecule has 1 N–H and O–H groups in total. The smallest absolute Gasteiger partial charge is 0.170 e. The molecule has 1 aromatic heterocycles. The lowest BCUT2D eigenvalue weighted by Crippen LogP contribution is -2.10. The lowest BCUT2D eigenvalue weighted by atomic mass is 10.0. The van der Waals surface area contributed by atoms with Crippen LogP contribution in [-0.2, 0) is 13.1 Å². The molecule has 22 heavy (non-hydrogen) atoms. The zero-order valence-corrected chi connectivity index (χ0v) is 12.6. The van der Waals surface area contributed by atoms with Crippen molar-refractivity contribution in [2.45, 2.75) is 26.4 Å². The van der Waals surface area contributed by atoms with Crippen molar-refractivity contribution >= 4 is 5.69 Å². The fraction of sp³-hybridized carbons (Fsp3) is 0.235. The van der Waals surface area contributed by atoms with Gasteiger partial charge in [-0.3, -0.25) is 0 Å². The van der Waals surface area contributed by atoms with Gasteiger partial charge in [-0.1, -0.05) is 55.5 Å². The van der Waals surface area contributed by atoms with Crippen molar-refractivity contribution in [2.75, 3.05) is 5.32 Å². The summed E-state index contributed by atoms with van der Waals surface area (Å²) in [5.41, 5.74) is 3.45. The van der Waals surface area contributed by atoms with E-state index in [1.54, 1.807) is 0 Å². The van der Waals surface area contributed by atoms with Crippen LogP contribution in [0.3, 0.4) is 0 Å². The molecule has 0 aliphatic rings. The first-order valence-electron chi connectivity index (χ1n) is 7.52. The molecule has 0 unspecified atom stereocenters. The molecule has 0 fully saturated rings. The van der Waals surface area contributed by atoms with Crippen LogP contribution in [0.15, 0.2) is 54.6 Å². The molecular formula is C17H19N5. The minimum absolute atomic E-state index is 0.608. The molecule has 0 aliphatic heterocycles. The third kappa shape index (κ3) is 3.14. The van der Waals surface area contributed by atoms with Gasteiger partial charge in [-0.25, -0.2) is 4.68 Å². The topological polar surface area (TPSA) is 55.6 Å². The highest BCUT2D eigenvalue weighted by Gasteiger charge is 2.07. The second-order valence-electron chi connectivity index (χ2n) is 5.08. The van der Waals surface area contributed by atoms with Crippen molar-refractivity contribution in [3.8, 4) is 11.1 Å². The SMILES string of the molecule is CCCn1nnnc1CNc1ccccc1-c1ccccc1. The van der Waals surface area contributed by atoms with Gasteiger partial charge in [-0.15, -0.1) is 5.10 Å². The van der Waals surface area contributed by atoms with Crippen LogP contribution in [-0.4, -0.2) is 20.2 Å². The minimum Gasteiger partial charge on any atom is -0.377 e. The second kappa shape index (κ2) is 6.85. The summed E-state index contributed by atoms with van der Waals surface area (Å²) in [6, 6.07) is 18.6. The molecule has 0 aliphatic carbocycles. The largest absolute Gasteiger partial charge is 0.377 e. The molecule has 112 valence electrons. The molecular weight excluding hydrogens is 274 g/mol. The van der Waals surface area contributed by atoms with E-state index >= 15 is 0 Å². The summed E-state index contributed by atoms with van der Waals surface area (Å²) in [6.45, 7) is 3.56. The zero-order chi connectivity index (χ0) is 15.2. The minimum atomic E-state index is 0.608. The van der Waals surface area contributed by atoms with Crippen LogP contribution in [0.4, 0.5) is 5.69 Å². The third-order valence-corrected chi connectivity index (χ3v) is 3.49. The Hall–Kier alpha value is -2.69. The maximum Gasteiger partial charge on any atom is 0.170 e. The van der Waals surface area contributed by atoms with Gasteiger partial charge in [0.1, 0.15) is 0 Å². The summed E-state index contributed by atoms with van der Waals surface area (Å²) < 4.78 is 1.85. The number of aromatic nitrogens is 4. The lowest BCUT2D eigenvalue weighted by molar-refractivity contribution is 0.558. The Morgan fingerprint density at radius 2 is 1.77 bits per heavy atom. The number of benzene rings is 2. The standard InChI is InChI=1S/C17H19N5/c1-2-12-22-17(19-20-21-22)13-18-16-11-7-6-10-15(16)14-8-4-3-5-9-14/h3-11,18H,2,12-13H2,1H3. The van der Waals surface area contributed by atoms with Gasteiger partial charge < -0.3 is 5.32 Å². The quantitative estimate of drug-likeness (QED) is 0.757. The Kier molecular flexibility index (Phi) is 4.44. The second-order valence-corrected chi connectivity index (χ2v) is 5.08. The van der Waals surface area contributed by atoms with Crippen LogP contribution in [0, 0.1) is 0 Å². The number of rotatable bonds is 6. The van der Waals surface area contributed by atoms with E-state index < -0.39 is 0 Å². The molecule has 0 spiro atoms. The van der Waals surface area contributed by atoms with Crippen molar-refractivity contribution < 1.29 is 0 Å². The van der Waals surface area contributed by atoms with Gasteiger partial charge in [0.15, 0.2) is 5.82 Å². The van der Waals surface area contributed by atoms with Crippen molar-refractivity contribution in [1.82, 2.24) is 20.2 Å². The summed E-state index contributed by atoms with van der Waals surface area (Å²) in [5.74, 6) is 0.852. The molecule has 0 amide bonds. The normalized spacial score (nSPS) is 10.6. The van der Waals surface area contributed by atoms with Crippen LogP contribution in [0.2, 0.25) is 0 Å². The highest BCUT2D eigenvalue weighted by Crippen LogP contribution is 2.27. The summed E-state index contributed by atoms with van der Waals surface area (Å²) in [7, 11) is 0. The van der Waals surface area contributed by atoms with E-state index in [2.05, 4.69) is 58.1 Å². The Morgan fingerprint density at radius 1 is 1.00 bits per heavy atom. The van der Waals surface area contributed by atoms with Crippen molar-refractivity contribution in [3.63, 3.8) is 0 Å². The van der Waals surface area contributed by atoms with E-state index in [1.807, 2.05) is 28.9 Å². The molecule has 0 saturated carbocycles. The van der Waals surface area contributed by atoms with E-state index in [4.69, 9.17) is 0 Å². The van der Waals surface area contributed by atoms with Gasteiger partial charge in [-0.2, -0.15) is 0 Å². The number of nitrogens with zero attached hydrogens (tertiary/aromatic N) is 4. The van der Waals surface area contributed by atoms with Crippen LogP contribution in [0.5, 0.6) is 0 Å². The third-order valence-electron chi connectivity index (χ3n) is 3.49. The molecule has 3 rings (SSSR count). The number of hydrogen-bond donors (Lipinski definition) is 1. The Bertz CT molecular complexity index is 721. The first-order valence-corrected chi connectivity index (χ1v) is 7.52. The number of tetrazole rings is 1. The summed E-state index contributed by atoms with van der Waals surface area (Å²) in [4.78, 5) is 0. The van der Waals surface area contributed by atoms with Crippen LogP contribution < -0.4 is 5.32 Å². The molecule has 0 bridgehead atoms. The van der Waals surface area contributed by atoms with E-state index in [-0.39, 0.29) is 0 Å². The van der Waals surface area contributed by atoms with E-state index in [1.165, 1.54) is 11.1 Å². The first-order chi connectivity index (χ1) is 10.9. The zero-order valence-electron chi connectivity index (χ0n) is 12.6. The predicted molar refractivity (Wildman–Crippen MR) is 87.3 cm³/mol. The maximum atomic E-state index is 4.09. The average molecular weight is 293 g/mol. The molecule has 5 heteroatoms. The van der Waals surface area contributed by atoms with Gasteiger partial charge in [0.25, 0.3) is 0 Å². The highest BCUT2D eigenvalue weighted by atomic mass is 15.5. The molecule has 5 nitrogen and oxygen atoms in total. The van der Waals surface area contributed by atoms with E-state index in [9.17, 15) is 0 Å². The fourth-order valence-corrected chi connectivity index (χ4v) is 2.42. The molecule has 3 aromatic rings. The number of anilines is 1. The molecule has 1 heterocycles. The summed E-state index contributed by atoms with van der Waals surface area (Å²) in [6.07, 6.45) is 1.01. The van der Waals surface area contributed by atoms with Crippen molar-refractivity contribution in [3.05, 3.63) is 60.4 Å². The fourth-order valence-electron chi connectivity index (χ4n) is 2.42. The number of para-hydroxylation sites is 1. The van der Waals surface area contributed by atoms with Crippen molar-refractivity contribution in [2.24, 2.45) is 0 Å². The Labute approximate surface area is 130 Å². The highest BCUT2D eigenvalue weighted by molar-refractivity contribution is 5.77. The number of hydrogen-bond acceptors (Lipinski definition) is 4. The Morgan fingerprint density at radius 3 is 2.59 bits per heavy atom. The lowest BCUT2D eigenvalue weighted by Gasteiger charge is -2.12. The monoisotopic (exact) mass is 293 g/mol. The summed E-state index contributed by atoms with van der Waals surface area (Å²) >= 11 is 0. The Balaban J connectivity index is 1.80. The van der Waals surface area contributed by atoms with Gasteiger partial charge in [-0.05, 0) is 28.5 Å². The van der Waals surface area contributed by atoms with Crippen LogP contribution in [0.25, 0.3) is 11.1 Å². The van der Waals surface area contributed by atoms with E-state index in [0.29, 0.717) is 6.54 Å². The average Bonchev–Trinajstić information content (AvgIpc) is 3.02. The van der Waals surface area contributed by atoms with E-state index in [0.717, 1.165) is 24.5 Å². The van der Waals surface area contributed by atoms with Gasteiger partial charge in [0.05, 0.1) is 6.54 Å². The maximum absolute atomic E-state index is 4.09. The molecule has 0 radical (unpaired) electrons. The first kappa shape index (κ1) is 14.3. The predicted octanol–water partition coefficient (Wildman–Crippen LogP) is 3.36. The molecule has 0 saturated heterocycles. The molecule has 2 aromatic carbocycles. The number of aryl methyl sites for hydroxylation is 1. The van der Waals surface area contributed by atoms with Crippen LogP contribution >= 0.6 is 0 Å². The van der Waals surface area contributed by atoms with Crippen molar-refractivity contribution in [1.29, 1.82) is 0 Å². The van der Waals surface area contributed by atoms with Crippen LogP contribution in [0.1, 0.15) is 19.2 Å². The molecule has 0 atom stereocenters. The van der Waals surface area contributed by atoms with Gasteiger partial charge >= 0.3 is 0 Å².